The van der Waals surface area contributed by atoms with Crippen molar-refractivity contribution in [2.24, 2.45) is 0 Å². The fraction of sp³-hybridized carbons (Fsp3) is 0. The standard InChI is InChI=1S/C12H7N2/c1-2-9-3-4-10-8-13-7-5-11(10)12(9)14-6-1/h1,3-8H. The van der Waals surface area contributed by atoms with Gasteiger partial charge in [0.1, 0.15) is 0 Å². The molecule has 0 aliphatic rings. The number of benzene rings is 1. The molecule has 3 aromatic rings. The van der Waals surface area contributed by atoms with Crippen molar-refractivity contribution in [2.75, 3.05) is 0 Å². The lowest BCUT2D eigenvalue weighted by atomic mass is 10.1. The van der Waals surface area contributed by atoms with Crippen LogP contribution in [-0.2, 0) is 0 Å². The van der Waals surface area contributed by atoms with Gasteiger partial charge in [0.15, 0.2) is 0 Å². The van der Waals surface area contributed by atoms with E-state index in [1.54, 1.807) is 12.4 Å². The van der Waals surface area contributed by atoms with Gasteiger partial charge in [-0.05, 0) is 18.2 Å². The molecule has 0 atom stereocenters. The minimum absolute atomic E-state index is 0.993. The van der Waals surface area contributed by atoms with Gasteiger partial charge < -0.3 is 0 Å². The fourth-order valence-corrected chi connectivity index (χ4v) is 1.65. The SMILES string of the molecule is [c]1ccnc2c1ccc1cnccc12. The van der Waals surface area contributed by atoms with Gasteiger partial charge in [0, 0.05) is 34.7 Å². The third kappa shape index (κ3) is 0.973. The maximum Gasteiger partial charge on any atom is 0.0787 e. The first-order valence-electron chi connectivity index (χ1n) is 4.44. The van der Waals surface area contributed by atoms with Crippen LogP contribution in [0.25, 0.3) is 21.7 Å². The van der Waals surface area contributed by atoms with Crippen molar-refractivity contribution in [2.45, 2.75) is 0 Å². The third-order valence-electron chi connectivity index (χ3n) is 2.31. The van der Waals surface area contributed by atoms with Crippen LogP contribution in [0.15, 0.2) is 42.9 Å². The number of hydrogen-bond donors (Lipinski definition) is 0. The molecule has 0 aliphatic carbocycles. The number of rotatable bonds is 0. The minimum atomic E-state index is 0.993. The van der Waals surface area contributed by atoms with Crippen LogP contribution in [0, 0.1) is 6.07 Å². The molecule has 3 rings (SSSR count). The molecule has 0 unspecified atom stereocenters. The van der Waals surface area contributed by atoms with Crippen molar-refractivity contribution in [1.82, 2.24) is 9.97 Å². The monoisotopic (exact) mass is 179 g/mol. The smallest absolute Gasteiger partial charge is 0.0787 e. The number of aromatic nitrogens is 2. The lowest BCUT2D eigenvalue weighted by molar-refractivity contribution is 1.36. The molecular weight excluding hydrogens is 172 g/mol. The lowest BCUT2D eigenvalue weighted by Crippen LogP contribution is -1.81. The first kappa shape index (κ1) is 7.44. The Bertz CT molecular complexity index is 547. The summed E-state index contributed by atoms with van der Waals surface area (Å²) in [6, 6.07) is 11.0. The number of pyridine rings is 2. The van der Waals surface area contributed by atoms with E-state index in [1.807, 2.05) is 30.5 Å². The summed E-state index contributed by atoms with van der Waals surface area (Å²) in [7, 11) is 0. The summed E-state index contributed by atoms with van der Waals surface area (Å²) in [5.74, 6) is 0. The molecule has 65 valence electrons. The van der Waals surface area contributed by atoms with Crippen LogP contribution in [0.3, 0.4) is 0 Å². The summed E-state index contributed by atoms with van der Waals surface area (Å²) in [5.41, 5.74) is 0.993. The Labute approximate surface area is 81.2 Å². The van der Waals surface area contributed by atoms with Crippen LogP contribution < -0.4 is 0 Å². The number of nitrogens with zero attached hydrogens (tertiary/aromatic N) is 2. The minimum Gasteiger partial charge on any atom is -0.264 e. The predicted molar refractivity (Wildman–Crippen MR) is 55.9 cm³/mol. The average Bonchev–Trinajstić information content (AvgIpc) is 2.29. The largest absolute Gasteiger partial charge is 0.264 e. The van der Waals surface area contributed by atoms with Crippen LogP contribution >= 0.6 is 0 Å². The second kappa shape index (κ2) is 2.77. The highest BCUT2D eigenvalue weighted by molar-refractivity contribution is 6.04. The summed E-state index contributed by atoms with van der Waals surface area (Å²) < 4.78 is 0. The van der Waals surface area contributed by atoms with Gasteiger partial charge in [-0.1, -0.05) is 12.1 Å². The van der Waals surface area contributed by atoms with Crippen LogP contribution in [0.2, 0.25) is 0 Å². The van der Waals surface area contributed by atoms with Crippen molar-refractivity contribution in [1.29, 1.82) is 0 Å². The maximum atomic E-state index is 4.35. The summed E-state index contributed by atoms with van der Waals surface area (Å²) >= 11 is 0. The molecule has 1 aromatic carbocycles. The van der Waals surface area contributed by atoms with E-state index in [-0.39, 0.29) is 0 Å². The van der Waals surface area contributed by atoms with Gasteiger partial charge in [-0.15, -0.1) is 0 Å². The quantitative estimate of drug-likeness (QED) is 0.496. The van der Waals surface area contributed by atoms with E-state index < -0.39 is 0 Å². The zero-order chi connectivity index (χ0) is 9.38. The average molecular weight is 179 g/mol. The third-order valence-corrected chi connectivity index (χ3v) is 2.31. The van der Waals surface area contributed by atoms with Crippen LogP contribution in [0.4, 0.5) is 0 Å². The Morgan fingerprint density at radius 1 is 1.07 bits per heavy atom. The molecule has 2 heteroatoms. The summed E-state index contributed by atoms with van der Waals surface area (Å²) in [6.07, 6.45) is 5.40. The highest BCUT2D eigenvalue weighted by Crippen LogP contribution is 2.21. The van der Waals surface area contributed by atoms with Gasteiger partial charge >= 0.3 is 0 Å². The van der Waals surface area contributed by atoms with E-state index in [2.05, 4.69) is 16.0 Å². The predicted octanol–water partition coefficient (Wildman–Crippen LogP) is 2.58. The van der Waals surface area contributed by atoms with Crippen LogP contribution in [0.1, 0.15) is 0 Å². The first-order valence-corrected chi connectivity index (χ1v) is 4.44. The maximum absolute atomic E-state index is 4.35. The molecule has 0 N–H and O–H groups in total. The molecule has 0 saturated heterocycles. The first-order chi connectivity index (χ1) is 6.95. The van der Waals surface area contributed by atoms with E-state index in [1.165, 1.54) is 0 Å². The molecule has 14 heavy (non-hydrogen) atoms. The van der Waals surface area contributed by atoms with Crippen molar-refractivity contribution >= 4 is 21.7 Å². The molecule has 0 bridgehead atoms. The Hall–Kier alpha value is -1.96. The zero-order valence-corrected chi connectivity index (χ0v) is 7.44. The van der Waals surface area contributed by atoms with Gasteiger partial charge in [0.05, 0.1) is 5.52 Å². The lowest BCUT2D eigenvalue weighted by Gasteiger charge is -2.00. The number of hydrogen-bond acceptors (Lipinski definition) is 2. The topological polar surface area (TPSA) is 25.8 Å². The molecule has 0 fully saturated rings. The fourth-order valence-electron chi connectivity index (χ4n) is 1.65. The van der Waals surface area contributed by atoms with E-state index in [4.69, 9.17) is 0 Å². The Kier molecular flexibility index (Phi) is 1.47. The van der Waals surface area contributed by atoms with Crippen LogP contribution in [-0.4, -0.2) is 9.97 Å². The summed E-state index contributed by atoms with van der Waals surface area (Å²) in [6.45, 7) is 0. The van der Waals surface area contributed by atoms with E-state index in [9.17, 15) is 0 Å². The molecule has 2 heterocycles. The number of fused-ring (bicyclic) bond motifs is 3. The second-order valence-corrected chi connectivity index (χ2v) is 3.15. The van der Waals surface area contributed by atoms with Crippen LogP contribution in [0.5, 0.6) is 0 Å². The van der Waals surface area contributed by atoms with Gasteiger partial charge in [-0.25, -0.2) is 0 Å². The van der Waals surface area contributed by atoms with Gasteiger partial charge in [-0.3, -0.25) is 9.97 Å². The van der Waals surface area contributed by atoms with Crippen molar-refractivity contribution in [3.63, 3.8) is 0 Å². The molecule has 0 amide bonds. The van der Waals surface area contributed by atoms with Gasteiger partial charge in [-0.2, -0.15) is 0 Å². The Morgan fingerprint density at radius 2 is 2.07 bits per heavy atom. The summed E-state index contributed by atoms with van der Waals surface area (Å²) in [4.78, 5) is 8.43. The summed E-state index contributed by atoms with van der Waals surface area (Å²) in [5, 5.41) is 3.30. The molecule has 2 aromatic heterocycles. The Balaban J connectivity index is 2.61. The molecule has 2 nitrogen and oxygen atoms in total. The van der Waals surface area contributed by atoms with Crippen molar-refractivity contribution < 1.29 is 0 Å². The molecule has 0 saturated carbocycles. The van der Waals surface area contributed by atoms with Gasteiger partial charge in [0.2, 0.25) is 0 Å². The van der Waals surface area contributed by atoms with E-state index >= 15 is 0 Å². The van der Waals surface area contributed by atoms with E-state index in [0.29, 0.717) is 0 Å². The molecule has 1 radical (unpaired) electrons. The highest BCUT2D eigenvalue weighted by atomic mass is 14.7. The van der Waals surface area contributed by atoms with E-state index in [0.717, 1.165) is 21.7 Å². The molecule has 0 aliphatic heterocycles. The van der Waals surface area contributed by atoms with Gasteiger partial charge in [0.25, 0.3) is 0 Å². The van der Waals surface area contributed by atoms with Crippen molar-refractivity contribution in [3.05, 3.63) is 48.9 Å². The normalized spacial score (nSPS) is 10.9. The molecular formula is C12H7N2. The highest BCUT2D eigenvalue weighted by Gasteiger charge is 1.99. The van der Waals surface area contributed by atoms with Crippen molar-refractivity contribution in [3.8, 4) is 0 Å². The Morgan fingerprint density at radius 3 is 3.07 bits per heavy atom. The second-order valence-electron chi connectivity index (χ2n) is 3.15. The zero-order valence-electron chi connectivity index (χ0n) is 7.44. The molecule has 0 spiro atoms.